The van der Waals surface area contributed by atoms with Gasteiger partial charge in [-0.15, -0.1) is 0 Å². The number of aliphatic hydroxyl groups is 1. The van der Waals surface area contributed by atoms with Gasteiger partial charge in [-0.25, -0.2) is 8.78 Å². The number of hydrogen-bond acceptors (Lipinski definition) is 2. The second kappa shape index (κ2) is 4.34. The number of halogens is 5. The molecule has 1 unspecified atom stereocenters. The third-order valence-corrected chi connectivity index (χ3v) is 3.96. The van der Waals surface area contributed by atoms with Crippen LogP contribution in [0.4, 0.5) is 22.0 Å². The minimum absolute atomic E-state index is 0.281. The number of hydrogen-bond donors (Lipinski definition) is 2. The molecule has 0 aromatic heterocycles. The molecule has 0 spiro atoms. The quantitative estimate of drug-likeness (QED) is 0.628. The van der Waals surface area contributed by atoms with Gasteiger partial charge in [-0.05, 0) is 11.6 Å². The van der Waals surface area contributed by atoms with Gasteiger partial charge in [0.25, 0.3) is 5.92 Å². The van der Waals surface area contributed by atoms with Crippen LogP contribution in [-0.2, 0) is 6.18 Å². The Labute approximate surface area is 111 Å². The molecule has 19 heavy (non-hydrogen) atoms. The SMILES string of the molecule is OC1(C(S)c2ccccc2C(F)(F)F)CC(F)(F)C1. The second-order valence-corrected chi connectivity index (χ2v) is 5.32. The summed E-state index contributed by atoms with van der Waals surface area (Å²) in [5, 5.41) is 8.63. The van der Waals surface area contributed by atoms with E-state index >= 15 is 0 Å². The monoisotopic (exact) mass is 298 g/mol. The Kier molecular flexibility index (Phi) is 3.33. The van der Waals surface area contributed by atoms with Crippen molar-refractivity contribution in [2.45, 2.75) is 35.8 Å². The zero-order valence-corrected chi connectivity index (χ0v) is 10.5. The highest BCUT2D eigenvalue weighted by Crippen LogP contribution is 2.54. The van der Waals surface area contributed by atoms with Crippen LogP contribution in [0.1, 0.15) is 29.2 Å². The predicted octanol–water partition coefficient (Wildman–Crippen LogP) is 3.84. The molecule has 0 saturated heterocycles. The van der Waals surface area contributed by atoms with Crippen molar-refractivity contribution >= 4 is 12.6 Å². The molecule has 7 heteroatoms. The van der Waals surface area contributed by atoms with Gasteiger partial charge in [0.2, 0.25) is 0 Å². The third kappa shape index (κ3) is 2.72. The molecule has 0 heterocycles. The lowest BCUT2D eigenvalue weighted by Crippen LogP contribution is -2.54. The average Bonchev–Trinajstić information content (AvgIpc) is 2.24. The normalized spacial score (nSPS) is 22.7. The zero-order valence-electron chi connectivity index (χ0n) is 9.59. The van der Waals surface area contributed by atoms with E-state index in [1.54, 1.807) is 0 Å². The second-order valence-electron chi connectivity index (χ2n) is 4.80. The van der Waals surface area contributed by atoms with Crippen LogP contribution in [0.25, 0.3) is 0 Å². The van der Waals surface area contributed by atoms with Gasteiger partial charge in [-0.1, -0.05) is 18.2 Å². The van der Waals surface area contributed by atoms with Gasteiger partial charge < -0.3 is 5.11 Å². The van der Waals surface area contributed by atoms with Gasteiger partial charge in [-0.2, -0.15) is 25.8 Å². The maximum absolute atomic E-state index is 12.8. The summed E-state index contributed by atoms with van der Waals surface area (Å²) in [6.07, 6.45) is -6.36. The van der Waals surface area contributed by atoms with Crippen molar-refractivity contribution in [3.8, 4) is 0 Å². The van der Waals surface area contributed by atoms with Gasteiger partial charge in [0.15, 0.2) is 0 Å². The Balaban J connectivity index is 2.33. The topological polar surface area (TPSA) is 20.2 Å². The molecule has 1 nitrogen and oxygen atoms in total. The summed E-state index contributed by atoms with van der Waals surface area (Å²) in [7, 11) is 0. The van der Waals surface area contributed by atoms with Crippen LogP contribution >= 0.6 is 12.6 Å². The lowest BCUT2D eigenvalue weighted by molar-refractivity contribution is -0.205. The fraction of sp³-hybridized carbons (Fsp3) is 0.500. The van der Waals surface area contributed by atoms with Crippen LogP contribution < -0.4 is 0 Å². The summed E-state index contributed by atoms with van der Waals surface area (Å²) in [4.78, 5) is 0. The van der Waals surface area contributed by atoms with E-state index in [0.29, 0.717) is 0 Å². The summed E-state index contributed by atoms with van der Waals surface area (Å²) in [6.45, 7) is 0. The molecule has 0 aliphatic heterocycles. The van der Waals surface area contributed by atoms with Gasteiger partial charge in [0.1, 0.15) is 0 Å². The molecule has 1 aromatic carbocycles. The van der Waals surface area contributed by atoms with E-state index in [4.69, 9.17) is 0 Å². The van der Waals surface area contributed by atoms with Crippen molar-refractivity contribution in [1.82, 2.24) is 0 Å². The fourth-order valence-corrected chi connectivity index (χ4v) is 2.73. The van der Waals surface area contributed by atoms with Gasteiger partial charge in [0.05, 0.1) is 16.4 Å². The van der Waals surface area contributed by atoms with Gasteiger partial charge in [-0.3, -0.25) is 0 Å². The van der Waals surface area contributed by atoms with Crippen LogP contribution in [0.3, 0.4) is 0 Å². The van der Waals surface area contributed by atoms with Gasteiger partial charge in [0, 0.05) is 12.8 Å². The van der Waals surface area contributed by atoms with Crippen LogP contribution in [0.5, 0.6) is 0 Å². The van der Waals surface area contributed by atoms with Crippen molar-refractivity contribution in [3.05, 3.63) is 35.4 Å². The van der Waals surface area contributed by atoms with E-state index in [1.165, 1.54) is 12.1 Å². The van der Waals surface area contributed by atoms with E-state index in [9.17, 15) is 27.1 Å². The fourth-order valence-electron chi connectivity index (χ4n) is 2.32. The predicted molar refractivity (Wildman–Crippen MR) is 62.3 cm³/mol. The van der Waals surface area contributed by atoms with Crippen molar-refractivity contribution in [2.24, 2.45) is 0 Å². The van der Waals surface area contributed by atoms with Crippen LogP contribution in [0, 0.1) is 0 Å². The lowest BCUT2D eigenvalue weighted by Gasteiger charge is -2.47. The summed E-state index contributed by atoms with van der Waals surface area (Å²) in [5.41, 5.74) is -3.15. The minimum atomic E-state index is -4.61. The highest BCUT2D eigenvalue weighted by molar-refractivity contribution is 7.80. The molecule has 1 aromatic rings. The Morgan fingerprint density at radius 2 is 1.68 bits per heavy atom. The first-order valence-electron chi connectivity index (χ1n) is 5.50. The van der Waals surface area contributed by atoms with E-state index < -0.39 is 41.4 Å². The summed E-state index contributed by atoms with van der Waals surface area (Å²) < 4.78 is 64.1. The van der Waals surface area contributed by atoms with Crippen LogP contribution in [-0.4, -0.2) is 16.6 Å². The van der Waals surface area contributed by atoms with Crippen LogP contribution in [0.2, 0.25) is 0 Å². The summed E-state index contributed by atoms with van der Waals surface area (Å²) in [5.74, 6) is -3.04. The zero-order chi connectivity index (χ0) is 14.5. The van der Waals surface area contributed by atoms with Crippen molar-refractivity contribution < 1.29 is 27.1 Å². The molecule has 0 bridgehead atoms. The van der Waals surface area contributed by atoms with E-state index in [2.05, 4.69) is 12.6 Å². The Bertz CT molecular complexity index is 477. The van der Waals surface area contributed by atoms with Crippen molar-refractivity contribution in [1.29, 1.82) is 0 Å². The number of benzene rings is 1. The molecule has 1 fully saturated rings. The smallest absolute Gasteiger partial charge is 0.388 e. The number of alkyl halides is 5. The minimum Gasteiger partial charge on any atom is -0.388 e. The molecule has 0 radical (unpaired) electrons. The van der Waals surface area contributed by atoms with Gasteiger partial charge >= 0.3 is 6.18 Å². The highest BCUT2D eigenvalue weighted by Gasteiger charge is 2.59. The molecule has 1 N–H and O–H groups in total. The Hall–Kier alpha value is -0.820. The Morgan fingerprint density at radius 1 is 1.16 bits per heavy atom. The molecule has 0 amide bonds. The third-order valence-electron chi connectivity index (χ3n) is 3.20. The van der Waals surface area contributed by atoms with E-state index in [-0.39, 0.29) is 5.56 Å². The number of rotatable bonds is 2. The molecular weight excluding hydrogens is 287 g/mol. The number of thiol groups is 1. The van der Waals surface area contributed by atoms with E-state index in [1.807, 2.05) is 0 Å². The van der Waals surface area contributed by atoms with Crippen molar-refractivity contribution in [3.63, 3.8) is 0 Å². The van der Waals surface area contributed by atoms with Crippen molar-refractivity contribution in [2.75, 3.05) is 0 Å². The molecule has 1 saturated carbocycles. The maximum Gasteiger partial charge on any atom is 0.416 e. The molecule has 1 aliphatic rings. The first-order chi connectivity index (χ1) is 8.55. The summed E-state index contributed by atoms with van der Waals surface area (Å²) >= 11 is 3.93. The molecular formula is C12H11F5OS. The molecule has 1 atom stereocenters. The van der Waals surface area contributed by atoms with Crippen LogP contribution in [0.15, 0.2) is 24.3 Å². The largest absolute Gasteiger partial charge is 0.416 e. The van der Waals surface area contributed by atoms with E-state index in [0.717, 1.165) is 12.1 Å². The summed E-state index contributed by atoms with van der Waals surface area (Å²) in [6, 6.07) is 4.55. The molecule has 2 rings (SSSR count). The molecule has 106 valence electrons. The first-order valence-corrected chi connectivity index (χ1v) is 6.01. The average molecular weight is 298 g/mol. The Morgan fingerprint density at radius 3 is 2.16 bits per heavy atom. The highest BCUT2D eigenvalue weighted by atomic mass is 32.1. The standard InChI is InChI=1S/C12H11F5OS/c13-11(14)5-10(18,6-11)9(19)7-3-1-2-4-8(7)12(15,16)17/h1-4,9,18-19H,5-6H2. The maximum atomic E-state index is 12.8. The lowest BCUT2D eigenvalue weighted by atomic mass is 9.72. The molecule has 1 aliphatic carbocycles. The first kappa shape index (κ1) is 14.6.